The first kappa shape index (κ1) is 15.1. The first-order valence-corrected chi connectivity index (χ1v) is 7.22. The molecule has 20 heavy (non-hydrogen) atoms. The molecule has 0 aromatic heterocycles. The van der Waals surface area contributed by atoms with Gasteiger partial charge in [-0.05, 0) is 49.9 Å². The number of ether oxygens (including phenoxy) is 3. The lowest BCUT2D eigenvalue weighted by Crippen LogP contribution is -2.31. The second-order valence-corrected chi connectivity index (χ2v) is 5.32. The zero-order valence-corrected chi connectivity index (χ0v) is 12.7. The van der Waals surface area contributed by atoms with Crippen LogP contribution in [-0.2, 0) is 17.8 Å². The highest BCUT2D eigenvalue weighted by atomic mass is 16.5. The van der Waals surface area contributed by atoms with Crippen LogP contribution in [0.1, 0.15) is 24.0 Å². The first-order chi connectivity index (χ1) is 9.78. The van der Waals surface area contributed by atoms with Crippen molar-refractivity contribution in [3.05, 3.63) is 23.3 Å². The summed E-state index contributed by atoms with van der Waals surface area (Å²) in [6, 6.07) is 4.02. The highest BCUT2D eigenvalue weighted by Crippen LogP contribution is 2.32. The van der Waals surface area contributed by atoms with E-state index in [0.717, 1.165) is 36.6 Å². The molecule has 1 fully saturated rings. The van der Waals surface area contributed by atoms with Gasteiger partial charge in [0.15, 0.2) is 0 Å². The number of piperidine rings is 1. The minimum Gasteiger partial charge on any atom is -0.497 e. The van der Waals surface area contributed by atoms with Crippen molar-refractivity contribution in [1.82, 2.24) is 5.32 Å². The van der Waals surface area contributed by atoms with Crippen LogP contribution < -0.4 is 14.8 Å². The van der Waals surface area contributed by atoms with E-state index in [1.807, 2.05) is 6.07 Å². The van der Waals surface area contributed by atoms with Crippen molar-refractivity contribution in [2.75, 3.05) is 34.4 Å². The lowest BCUT2D eigenvalue weighted by molar-refractivity contribution is 0.183. The highest BCUT2D eigenvalue weighted by Gasteiger charge is 2.19. The maximum absolute atomic E-state index is 5.56. The Morgan fingerprint density at radius 3 is 2.65 bits per heavy atom. The molecule has 0 saturated carbocycles. The number of methoxy groups -OCH3 is 3. The van der Waals surface area contributed by atoms with Gasteiger partial charge in [-0.25, -0.2) is 0 Å². The maximum atomic E-state index is 5.56. The summed E-state index contributed by atoms with van der Waals surface area (Å²) >= 11 is 0. The Morgan fingerprint density at radius 1 is 1.20 bits per heavy atom. The normalized spacial score (nSPS) is 18.9. The number of hydrogen-bond acceptors (Lipinski definition) is 4. The van der Waals surface area contributed by atoms with Gasteiger partial charge in [0.2, 0.25) is 0 Å². The highest BCUT2D eigenvalue weighted by molar-refractivity contribution is 5.47. The number of hydrogen-bond donors (Lipinski definition) is 1. The van der Waals surface area contributed by atoms with Gasteiger partial charge in [-0.3, -0.25) is 0 Å². The summed E-state index contributed by atoms with van der Waals surface area (Å²) in [5, 5.41) is 3.47. The summed E-state index contributed by atoms with van der Waals surface area (Å²) in [7, 11) is 5.11. The molecule has 0 amide bonds. The molecule has 1 heterocycles. The second kappa shape index (κ2) is 7.50. The largest absolute Gasteiger partial charge is 0.497 e. The molecule has 0 radical (unpaired) electrons. The fourth-order valence-electron chi connectivity index (χ4n) is 2.88. The average Bonchev–Trinajstić information content (AvgIpc) is 2.50. The molecule has 1 aliphatic rings. The fourth-order valence-corrected chi connectivity index (χ4v) is 2.88. The zero-order chi connectivity index (χ0) is 14.4. The summed E-state index contributed by atoms with van der Waals surface area (Å²) in [5.74, 6) is 2.39. The van der Waals surface area contributed by atoms with Crippen LogP contribution in [0.25, 0.3) is 0 Å². The third-order valence-electron chi connectivity index (χ3n) is 3.92. The van der Waals surface area contributed by atoms with E-state index in [9.17, 15) is 0 Å². The van der Waals surface area contributed by atoms with Crippen molar-refractivity contribution in [2.24, 2.45) is 5.92 Å². The predicted octanol–water partition coefficient (Wildman–Crippen LogP) is 2.39. The molecule has 2 rings (SSSR count). The van der Waals surface area contributed by atoms with Crippen molar-refractivity contribution in [2.45, 2.75) is 25.9 Å². The van der Waals surface area contributed by atoms with E-state index in [1.54, 1.807) is 21.3 Å². The van der Waals surface area contributed by atoms with Crippen LogP contribution in [0.15, 0.2) is 12.1 Å². The van der Waals surface area contributed by atoms with Crippen LogP contribution in [0.3, 0.4) is 0 Å². The van der Waals surface area contributed by atoms with E-state index in [1.165, 1.54) is 18.4 Å². The van der Waals surface area contributed by atoms with Crippen LogP contribution in [-0.4, -0.2) is 34.4 Å². The zero-order valence-electron chi connectivity index (χ0n) is 12.7. The van der Waals surface area contributed by atoms with E-state index in [-0.39, 0.29) is 0 Å². The molecular weight excluding hydrogens is 254 g/mol. The van der Waals surface area contributed by atoms with Gasteiger partial charge in [0, 0.05) is 18.7 Å². The molecule has 4 heteroatoms. The molecule has 1 aliphatic heterocycles. The quantitative estimate of drug-likeness (QED) is 0.868. The van der Waals surface area contributed by atoms with Crippen molar-refractivity contribution in [1.29, 1.82) is 0 Å². The molecule has 0 spiro atoms. The Morgan fingerprint density at radius 2 is 2.05 bits per heavy atom. The van der Waals surface area contributed by atoms with Crippen molar-refractivity contribution in [3.63, 3.8) is 0 Å². The number of nitrogens with one attached hydrogen (secondary N) is 1. The minimum absolute atomic E-state index is 0.586. The molecule has 1 saturated heterocycles. The number of rotatable bonds is 6. The Balaban J connectivity index is 2.26. The minimum atomic E-state index is 0.586. The predicted molar refractivity (Wildman–Crippen MR) is 79.6 cm³/mol. The number of benzene rings is 1. The first-order valence-electron chi connectivity index (χ1n) is 7.22. The molecule has 0 aliphatic carbocycles. The van der Waals surface area contributed by atoms with E-state index < -0.39 is 0 Å². The Hall–Kier alpha value is -1.26. The fraction of sp³-hybridized carbons (Fsp3) is 0.625. The Labute approximate surface area is 121 Å². The molecule has 4 nitrogen and oxygen atoms in total. The lowest BCUT2D eigenvalue weighted by Gasteiger charge is -2.25. The van der Waals surface area contributed by atoms with Gasteiger partial charge < -0.3 is 19.5 Å². The summed E-state index contributed by atoms with van der Waals surface area (Å²) in [6.45, 7) is 2.81. The van der Waals surface area contributed by atoms with Crippen LogP contribution >= 0.6 is 0 Å². The summed E-state index contributed by atoms with van der Waals surface area (Å²) in [6.07, 6.45) is 3.55. The molecule has 1 atom stereocenters. The summed E-state index contributed by atoms with van der Waals surface area (Å²) < 4.78 is 16.2. The van der Waals surface area contributed by atoms with Gasteiger partial charge in [-0.1, -0.05) is 0 Å². The van der Waals surface area contributed by atoms with Gasteiger partial charge in [-0.15, -0.1) is 0 Å². The maximum Gasteiger partial charge on any atom is 0.126 e. The summed E-state index contributed by atoms with van der Waals surface area (Å²) in [5.41, 5.74) is 2.41. The van der Waals surface area contributed by atoms with Crippen molar-refractivity contribution < 1.29 is 14.2 Å². The second-order valence-electron chi connectivity index (χ2n) is 5.32. The lowest BCUT2D eigenvalue weighted by atomic mass is 9.89. The summed E-state index contributed by atoms with van der Waals surface area (Å²) in [4.78, 5) is 0. The molecule has 0 bridgehead atoms. The average molecular weight is 279 g/mol. The Kier molecular flexibility index (Phi) is 5.68. The third-order valence-corrected chi connectivity index (χ3v) is 3.92. The topological polar surface area (TPSA) is 39.7 Å². The van der Waals surface area contributed by atoms with Gasteiger partial charge in [0.1, 0.15) is 11.5 Å². The monoisotopic (exact) mass is 279 g/mol. The van der Waals surface area contributed by atoms with Gasteiger partial charge in [-0.2, -0.15) is 0 Å². The van der Waals surface area contributed by atoms with Crippen LogP contribution in [0.4, 0.5) is 0 Å². The van der Waals surface area contributed by atoms with E-state index >= 15 is 0 Å². The van der Waals surface area contributed by atoms with Gasteiger partial charge in [0.25, 0.3) is 0 Å². The van der Waals surface area contributed by atoms with Crippen LogP contribution in [0.5, 0.6) is 11.5 Å². The van der Waals surface area contributed by atoms with Crippen molar-refractivity contribution >= 4 is 0 Å². The standard InChI is InChI=1S/C16H25NO3/c1-18-11-13-8-14(19-2)9-16(20-3)15(13)7-12-5-4-6-17-10-12/h8-9,12,17H,4-7,10-11H2,1-3H3. The van der Waals surface area contributed by atoms with Gasteiger partial charge >= 0.3 is 0 Å². The van der Waals surface area contributed by atoms with Gasteiger partial charge in [0.05, 0.1) is 20.8 Å². The smallest absolute Gasteiger partial charge is 0.126 e. The SMILES string of the molecule is COCc1cc(OC)cc(OC)c1CC1CCCNC1. The molecule has 1 N–H and O–H groups in total. The Bertz CT molecular complexity index is 428. The molecular formula is C16H25NO3. The van der Waals surface area contributed by atoms with E-state index in [4.69, 9.17) is 14.2 Å². The molecule has 1 unspecified atom stereocenters. The van der Waals surface area contributed by atoms with Crippen LogP contribution in [0.2, 0.25) is 0 Å². The molecule has 112 valence electrons. The van der Waals surface area contributed by atoms with Crippen LogP contribution in [0, 0.1) is 5.92 Å². The molecule has 1 aromatic rings. The molecule has 1 aromatic carbocycles. The van der Waals surface area contributed by atoms with E-state index in [2.05, 4.69) is 11.4 Å². The van der Waals surface area contributed by atoms with Crippen molar-refractivity contribution in [3.8, 4) is 11.5 Å². The third kappa shape index (κ3) is 3.64. The van der Waals surface area contributed by atoms with E-state index in [0.29, 0.717) is 12.5 Å².